The molecule has 23 heavy (non-hydrogen) atoms. The van der Waals surface area contributed by atoms with Crippen LogP contribution < -0.4 is 10.3 Å². The van der Waals surface area contributed by atoms with Crippen molar-refractivity contribution in [2.24, 2.45) is 0 Å². The van der Waals surface area contributed by atoms with Crippen LogP contribution in [-0.2, 0) is 4.74 Å². The number of benzene rings is 1. The van der Waals surface area contributed by atoms with E-state index in [9.17, 15) is 9.59 Å². The first-order valence-corrected chi connectivity index (χ1v) is 7.42. The molecule has 120 valence electrons. The van der Waals surface area contributed by atoms with Crippen molar-refractivity contribution in [3.63, 3.8) is 0 Å². The molecule has 0 aliphatic rings. The standard InChI is InChI=1S/C14H11Cl2N3O4/c1-3-22-14(21)23-13-6(2)19-10-5-8(16)7(15)4-9(10)17-12(20)11(19)18-13/h4-5H,3H2,1-2H3,(H,17,20). The quantitative estimate of drug-likeness (QED) is 0.712. The predicted molar refractivity (Wildman–Crippen MR) is 85.7 cm³/mol. The molecule has 0 bridgehead atoms. The maximum Gasteiger partial charge on any atom is 0.515 e. The van der Waals surface area contributed by atoms with E-state index >= 15 is 0 Å². The molecule has 0 saturated heterocycles. The molecule has 3 rings (SSSR count). The van der Waals surface area contributed by atoms with Gasteiger partial charge in [0.1, 0.15) is 0 Å². The Morgan fingerprint density at radius 1 is 1.35 bits per heavy atom. The number of H-pyrrole nitrogens is 1. The van der Waals surface area contributed by atoms with E-state index in [1.54, 1.807) is 30.4 Å². The number of nitrogens with zero attached hydrogens (tertiary/aromatic N) is 2. The lowest BCUT2D eigenvalue weighted by atomic mass is 10.3. The number of halogens is 2. The minimum atomic E-state index is -0.888. The summed E-state index contributed by atoms with van der Waals surface area (Å²) in [6, 6.07) is 3.15. The minimum Gasteiger partial charge on any atom is -0.434 e. The third-order valence-electron chi connectivity index (χ3n) is 3.24. The zero-order valence-electron chi connectivity index (χ0n) is 12.1. The molecule has 7 nitrogen and oxygen atoms in total. The third-order valence-corrected chi connectivity index (χ3v) is 3.96. The molecule has 0 saturated carbocycles. The number of imidazole rings is 1. The first-order chi connectivity index (χ1) is 10.9. The molecule has 0 spiro atoms. The molecule has 0 aliphatic heterocycles. The molecular weight excluding hydrogens is 345 g/mol. The Balaban J connectivity index is 2.29. The van der Waals surface area contributed by atoms with Gasteiger partial charge in [-0.2, -0.15) is 4.98 Å². The number of hydrogen-bond acceptors (Lipinski definition) is 5. The molecule has 2 aromatic heterocycles. The number of hydrogen-bond donors (Lipinski definition) is 1. The molecule has 2 heterocycles. The van der Waals surface area contributed by atoms with E-state index in [0.29, 0.717) is 26.8 Å². The van der Waals surface area contributed by atoms with Crippen LogP contribution >= 0.6 is 23.2 Å². The Kier molecular flexibility index (Phi) is 3.91. The number of aryl methyl sites for hydroxylation is 1. The first-order valence-electron chi connectivity index (χ1n) is 6.67. The second-order valence-electron chi connectivity index (χ2n) is 4.68. The van der Waals surface area contributed by atoms with Crippen molar-refractivity contribution in [2.75, 3.05) is 6.61 Å². The fourth-order valence-electron chi connectivity index (χ4n) is 2.25. The van der Waals surface area contributed by atoms with E-state index in [2.05, 4.69) is 9.97 Å². The van der Waals surface area contributed by atoms with Crippen molar-refractivity contribution < 1.29 is 14.3 Å². The molecule has 0 atom stereocenters. The number of fused-ring (bicyclic) bond motifs is 3. The molecule has 0 unspecified atom stereocenters. The van der Waals surface area contributed by atoms with Crippen LogP contribution in [0.1, 0.15) is 12.6 Å². The Labute approximate surface area is 139 Å². The van der Waals surface area contributed by atoms with E-state index in [1.165, 1.54) is 0 Å². The topological polar surface area (TPSA) is 85.7 Å². The lowest BCUT2D eigenvalue weighted by Crippen LogP contribution is -2.11. The molecule has 9 heteroatoms. The third kappa shape index (κ3) is 2.62. The van der Waals surface area contributed by atoms with Crippen molar-refractivity contribution >= 4 is 46.0 Å². The Morgan fingerprint density at radius 2 is 2.04 bits per heavy atom. The fraction of sp³-hybridized carbons (Fsp3) is 0.214. The summed E-state index contributed by atoms with van der Waals surface area (Å²) in [7, 11) is 0. The minimum absolute atomic E-state index is 0.00692. The molecule has 1 aromatic carbocycles. The summed E-state index contributed by atoms with van der Waals surface area (Å²) < 4.78 is 11.3. The average Bonchev–Trinajstić information content (AvgIpc) is 2.80. The Morgan fingerprint density at radius 3 is 2.74 bits per heavy atom. The SMILES string of the molecule is CCOC(=O)Oc1nc2c(=O)[nH]c3cc(Cl)c(Cl)cc3n2c1C. The van der Waals surface area contributed by atoms with E-state index in [1.807, 2.05) is 0 Å². The first kappa shape index (κ1) is 15.6. The van der Waals surface area contributed by atoms with Crippen LogP contribution in [0, 0.1) is 6.92 Å². The summed E-state index contributed by atoms with van der Waals surface area (Å²) in [5.41, 5.74) is 1.16. The highest BCUT2D eigenvalue weighted by Crippen LogP contribution is 2.28. The van der Waals surface area contributed by atoms with Crippen molar-refractivity contribution in [1.29, 1.82) is 0 Å². The molecule has 0 amide bonds. The normalized spacial score (nSPS) is 11.1. The highest BCUT2D eigenvalue weighted by atomic mass is 35.5. The summed E-state index contributed by atoms with van der Waals surface area (Å²) in [4.78, 5) is 30.4. The predicted octanol–water partition coefficient (Wildman–Crippen LogP) is 3.33. The van der Waals surface area contributed by atoms with Crippen LogP contribution in [0.2, 0.25) is 10.0 Å². The highest BCUT2D eigenvalue weighted by Gasteiger charge is 2.19. The van der Waals surface area contributed by atoms with Gasteiger partial charge in [0.15, 0.2) is 0 Å². The van der Waals surface area contributed by atoms with Gasteiger partial charge in [-0.3, -0.25) is 9.20 Å². The van der Waals surface area contributed by atoms with Gasteiger partial charge in [-0.05, 0) is 26.0 Å². The van der Waals surface area contributed by atoms with Gasteiger partial charge in [0, 0.05) is 0 Å². The van der Waals surface area contributed by atoms with Crippen LogP contribution in [-0.4, -0.2) is 27.1 Å². The monoisotopic (exact) mass is 355 g/mol. The number of ether oxygens (including phenoxy) is 2. The summed E-state index contributed by atoms with van der Waals surface area (Å²) in [5.74, 6) is -0.00692. The van der Waals surface area contributed by atoms with Gasteiger partial charge in [-0.1, -0.05) is 23.2 Å². The largest absolute Gasteiger partial charge is 0.515 e. The summed E-state index contributed by atoms with van der Waals surface area (Å²) in [5, 5.41) is 0.642. The maximum absolute atomic E-state index is 12.2. The smallest absolute Gasteiger partial charge is 0.434 e. The maximum atomic E-state index is 12.2. The molecule has 1 N–H and O–H groups in total. The van der Waals surface area contributed by atoms with E-state index < -0.39 is 11.7 Å². The van der Waals surface area contributed by atoms with Gasteiger partial charge in [-0.25, -0.2) is 4.79 Å². The van der Waals surface area contributed by atoms with E-state index in [4.69, 9.17) is 32.7 Å². The summed E-state index contributed by atoms with van der Waals surface area (Å²) >= 11 is 12.0. The molecule has 0 radical (unpaired) electrons. The second-order valence-corrected chi connectivity index (χ2v) is 5.50. The van der Waals surface area contributed by atoms with Crippen molar-refractivity contribution in [3.8, 4) is 5.88 Å². The van der Waals surface area contributed by atoms with Gasteiger partial charge in [0.25, 0.3) is 5.56 Å². The van der Waals surface area contributed by atoms with Crippen LogP contribution in [0.4, 0.5) is 4.79 Å². The summed E-state index contributed by atoms with van der Waals surface area (Å²) in [6.45, 7) is 3.49. The van der Waals surface area contributed by atoms with Gasteiger partial charge >= 0.3 is 6.16 Å². The van der Waals surface area contributed by atoms with E-state index in [0.717, 1.165) is 0 Å². The molecule has 0 aliphatic carbocycles. The fourth-order valence-corrected chi connectivity index (χ4v) is 2.57. The van der Waals surface area contributed by atoms with Gasteiger partial charge in [0.2, 0.25) is 11.5 Å². The number of aromatic nitrogens is 3. The van der Waals surface area contributed by atoms with E-state index in [-0.39, 0.29) is 18.1 Å². The number of carbonyl (C=O) groups excluding carboxylic acids is 1. The summed E-state index contributed by atoms with van der Waals surface area (Å²) in [6.07, 6.45) is -0.888. The zero-order chi connectivity index (χ0) is 16.7. The lowest BCUT2D eigenvalue weighted by Gasteiger charge is -2.06. The number of rotatable bonds is 2. The van der Waals surface area contributed by atoms with Crippen LogP contribution in [0.25, 0.3) is 16.7 Å². The van der Waals surface area contributed by atoms with Gasteiger partial charge in [-0.15, -0.1) is 0 Å². The average molecular weight is 356 g/mol. The van der Waals surface area contributed by atoms with Crippen molar-refractivity contribution in [3.05, 3.63) is 38.2 Å². The number of aromatic amines is 1. The highest BCUT2D eigenvalue weighted by molar-refractivity contribution is 6.42. The van der Waals surface area contributed by atoms with Gasteiger partial charge < -0.3 is 14.5 Å². The molecule has 3 aromatic rings. The number of carbonyl (C=O) groups is 1. The van der Waals surface area contributed by atoms with Crippen molar-refractivity contribution in [2.45, 2.75) is 13.8 Å². The van der Waals surface area contributed by atoms with Gasteiger partial charge in [0.05, 0.1) is 33.4 Å². The van der Waals surface area contributed by atoms with Crippen LogP contribution in [0.3, 0.4) is 0 Å². The number of nitrogens with one attached hydrogen (secondary N) is 1. The Hall–Kier alpha value is -2.25. The zero-order valence-corrected chi connectivity index (χ0v) is 13.7. The molecular formula is C14H11Cl2N3O4. The molecule has 0 fully saturated rings. The second kappa shape index (κ2) is 5.75. The van der Waals surface area contributed by atoms with Crippen LogP contribution in [0.15, 0.2) is 16.9 Å². The van der Waals surface area contributed by atoms with Crippen molar-refractivity contribution in [1.82, 2.24) is 14.4 Å². The lowest BCUT2D eigenvalue weighted by molar-refractivity contribution is 0.102. The van der Waals surface area contributed by atoms with Crippen LogP contribution in [0.5, 0.6) is 5.88 Å². The Bertz CT molecular complexity index is 993.